The minimum atomic E-state index is -0.439. The molecule has 0 atom stereocenters. The van der Waals surface area contributed by atoms with E-state index in [9.17, 15) is 8.78 Å². The second kappa shape index (κ2) is 12.4. The van der Waals surface area contributed by atoms with Gasteiger partial charge in [0.05, 0.1) is 5.56 Å². The van der Waals surface area contributed by atoms with Gasteiger partial charge in [-0.15, -0.1) is 6.58 Å². The lowest BCUT2D eigenvalue weighted by Gasteiger charge is -2.03. The van der Waals surface area contributed by atoms with Crippen molar-refractivity contribution in [1.82, 2.24) is 0 Å². The lowest BCUT2D eigenvalue weighted by atomic mass is 10.0. The molecule has 3 rings (SSSR count). The maximum atomic E-state index is 14.5. The normalized spacial score (nSPS) is 10.0. The van der Waals surface area contributed by atoms with E-state index in [-0.39, 0.29) is 11.4 Å². The number of rotatable bonds is 7. The van der Waals surface area contributed by atoms with Crippen molar-refractivity contribution in [2.75, 3.05) is 0 Å². The number of unbranched alkanes of at least 4 members (excludes halogenated alkanes) is 2. The Morgan fingerprint density at radius 3 is 2.03 bits per heavy atom. The van der Waals surface area contributed by atoms with E-state index < -0.39 is 5.82 Å². The average Bonchev–Trinajstić information content (AvgIpc) is 2.83. The van der Waals surface area contributed by atoms with Crippen LogP contribution >= 0.6 is 0 Å². The van der Waals surface area contributed by atoms with Crippen LogP contribution in [0.5, 0.6) is 0 Å². The first-order valence-electron chi connectivity index (χ1n) is 11.4. The van der Waals surface area contributed by atoms with Crippen LogP contribution < -0.4 is 0 Å². The Hall–Kier alpha value is -3.62. The number of halogens is 2. The Balaban J connectivity index is 1.67. The fraction of sp³-hybridized carbons (Fsp3) is 0.226. The number of allylic oxidation sites excluding steroid dienone is 1. The van der Waals surface area contributed by atoms with E-state index in [1.807, 2.05) is 30.3 Å². The second-order valence-corrected chi connectivity index (χ2v) is 7.98. The summed E-state index contributed by atoms with van der Waals surface area (Å²) in [5.41, 5.74) is 4.19. The molecule has 0 unspecified atom stereocenters. The molecule has 0 aliphatic heterocycles. The van der Waals surface area contributed by atoms with Gasteiger partial charge in [0.15, 0.2) is 0 Å². The predicted octanol–water partition coefficient (Wildman–Crippen LogP) is 7.62. The fourth-order valence-electron chi connectivity index (χ4n) is 3.39. The van der Waals surface area contributed by atoms with Gasteiger partial charge in [-0.05, 0) is 79.3 Å². The predicted molar refractivity (Wildman–Crippen MR) is 133 cm³/mol. The van der Waals surface area contributed by atoms with Gasteiger partial charge in [-0.3, -0.25) is 0 Å². The van der Waals surface area contributed by atoms with Crippen LogP contribution in [0.25, 0.3) is 0 Å². The minimum Gasteiger partial charge on any atom is -0.207 e. The molecular weight excluding hydrogens is 410 g/mol. The lowest BCUT2D eigenvalue weighted by molar-refractivity contribution is 0.598. The molecule has 3 aromatic rings. The van der Waals surface area contributed by atoms with Crippen LogP contribution in [0.4, 0.5) is 8.78 Å². The van der Waals surface area contributed by atoms with E-state index in [4.69, 9.17) is 0 Å². The van der Waals surface area contributed by atoms with Crippen LogP contribution in [-0.2, 0) is 12.8 Å². The zero-order valence-corrected chi connectivity index (χ0v) is 19.1. The topological polar surface area (TPSA) is 0 Å². The van der Waals surface area contributed by atoms with E-state index in [2.05, 4.69) is 37.2 Å². The van der Waals surface area contributed by atoms with Gasteiger partial charge in [0, 0.05) is 16.7 Å². The molecule has 0 saturated heterocycles. The standard InChI is InChI=1S/C31H28F2/c1-3-5-7-9-28-19-16-27(23-30(28)32)18-21-29-20-17-26(22-31(29)33)15-14-25-12-10-24(11-13-25)8-6-4-2/h4,10-13,16-17,19-20,22-23H,2-3,5-9H2,1H3. The molecule has 0 aliphatic rings. The molecule has 0 aliphatic carbocycles. The Bertz CT molecular complexity index is 1210. The Morgan fingerprint density at radius 1 is 0.727 bits per heavy atom. The number of hydrogen-bond acceptors (Lipinski definition) is 0. The maximum Gasteiger partial charge on any atom is 0.140 e. The van der Waals surface area contributed by atoms with E-state index in [0.29, 0.717) is 16.7 Å². The molecule has 0 N–H and O–H groups in total. The molecule has 0 saturated carbocycles. The molecule has 2 heteroatoms. The number of aryl methyl sites for hydroxylation is 2. The van der Waals surface area contributed by atoms with Crippen LogP contribution in [0.1, 0.15) is 66.0 Å². The molecule has 3 aromatic carbocycles. The molecular formula is C31H28F2. The number of benzene rings is 3. The van der Waals surface area contributed by atoms with Crippen molar-refractivity contribution >= 4 is 0 Å². The van der Waals surface area contributed by atoms with Gasteiger partial charge in [-0.25, -0.2) is 8.78 Å². The third-order valence-corrected chi connectivity index (χ3v) is 5.36. The van der Waals surface area contributed by atoms with Gasteiger partial charge in [0.2, 0.25) is 0 Å². The molecule has 0 spiro atoms. The molecule has 0 amide bonds. The summed E-state index contributed by atoms with van der Waals surface area (Å²) >= 11 is 0. The van der Waals surface area contributed by atoms with Crippen molar-refractivity contribution in [3.63, 3.8) is 0 Å². The average molecular weight is 439 g/mol. The zero-order valence-electron chi connectivity index (χ0n) is 19.1. The first-order valence-corrected chi connectivity index (χ1v) is 11.4. The molecule has 0 bridgehead atoms. The Kier molecular flexibility index (Phi) is 9.05. The monoisotopic (exact) mass is 438 g/mol. The van der Waals surface area contributed by atoms with Crippen molar-refractivity contribution in [2.24, 2.45) is 0 Å². The summed E-state index contributed by atoms with van der Waals surface area (Å²) in [5.74, 6) is 11.0. The first-order chi connectivity index (χ1) is 16.1. The molecule has 0 heterocycles. The largest absolute Gasteiger partial charge is 0.207 e. The summed E-state index contributed by atoms with van der Waals surface area (Å²) in [5, 5.41) is 0. The van der Waals surface area contributed by atoms with Crippen molar-refractivity contribution in [3.8, 4) is 23.7 Å². The number of hydrogen-bond donors (Lipinski definition) is 0. The molecule has 0 nitrogen and oxygen atoms in total. The summed E-state index contributed by atoms with van der Waals surface area (Å²) in [6.45, 7) is 5.86. The first kappa shape index (κ1) is 24.0. The highest BCUT2D eigenvalue weighted by atomic mass is 19.1. The molecule has 0 aromatic heterocycles. The summed E-state index contributed by atoms with van der Waals surface area (Å²) in [6.07, 6.45) is 7.69. The van der Waals surface area contributed by atoms with E-state index in [1.165, 1.54) is 17.7 Å². The highest BCUT2D eigenvalue weighted by Crippen LogP contribution is 2.14. The third-order valence-electron chi connectivity index (χ3n) is 5.36. The summed E-state index contributed by atoms with van der Waals surface area (Å²) in [4.78, 5) is 0. The highest BCUT2D eigenvalue weighted by molar-refractivity contribution is 5.49. The minimum absolute atomic E-state index is 0.252. The van der Waals surface area contributed by atoms with Crippen LogP contribution in [0.3, 0.4) is 0 Å². The van der Waals surface area contributed by atoms with Crippen molar-refractivity contribution in [3.05, 3.63) is 118 Å². The maximum absolute atomic E-state index is 14.5. The molecule has 0 radical (unpaired) electrons. The van der Waals surface area contributed by atoms with Crippen molar-refractivity contribution in [2.45, 2.75) is 45.4 Å². The Morgan fingerprint density at radius 2 is 1.36 bits per heavy atom. The third kappa shape index (κ3) is 7.48. The quantitative estimate of drug-likeness (QED) is 0.202. The van der Waals surface area contributed by atoms with Crippen molar-refractivity contribution < 1.29 is 8.78 Å². The lowest BCUT2D eigenvalue weighted by Crippen LogP contribution is -1.92. The SMILES string of the molecule is C=CCCc1ccc(C#Cc2ccc(C#Cc3ccc(CCCCC)c(F)c3)c(F)c2)cc1. The summed E-state index contributed by atoms with van der Waals surface area (Å²) in [7, 11) is 0. The van der Waals surface area contributed by atoms with Crippen LogP contribution in [0.15, 0.2) is 73.3 Å². The van der Waals surface area contributed by atoms with Gasteiger partial charge in [0.1, 0.15) is 11.6 Å². The summed E-state index contributed by atoms with van der Waals surface area (Å²) < 4.78 is 28.8. The Labute approximate surface area is 196 Å². The zero-order chi connectivity index (χ0) is 23.5. The molecule has 166 valence electrons. The van der Waals surface area contributed by atoms with Gasteiger partial charge in [0.25, 0.3) is 0 Å². The smallest absolute Gasteiger partial charge is 0.140 e. The van der Waals surface area contributed by atoms with Crippen LogP contribution in [0, 0.1) is 35.3 Å². The highest BCUT2D eigenvalue weighted by Gasteiger charge is 2.03. The summed E-state index contributed by atoms with van der Waals surface area (Å²) in [6, 6.07) is 17.8. The van der Waals surface area contributed by atoms with Gasteiger partial charge in [-0.1, -0.05) is 67.7 Å². The van der Waals surface area contributed by atoms with Gasteiger partial charge < -0.3 is 0 Å². The van der Waals surface area contributed by atoms with E-state index in [0.717, 1.165) is 44.1 Å². The van der Waals surface area contributed by atoms with Gasteiger partial charge in [-0.2, -0.15) is 0 Å². The van der Waals surface area contributed by atoms with Gasteiger partial charge >= 0.3 is 0 Å². The van der Waals surface area contributed by atoms with Crippen LogP contribution in [-0.4, -0.2) is 0 Å². The molecule has 0 fully saturated rings. The second-order valence-electron chi connectivity index (χ2n) is 7.98. The molecule has 33 heavy (non-hydrogen) atoms. The van der Waals surface area contributed by atoms with Crippen molar-refractivity contribution in [1.29, 1.82) is 0 Å². The van der Waals surface area contributed by atoms with Crippen LogP contribution in [0.2, 0.25) is 0 Å². The van der Waals surface area contributed by atoms with E-state index in [1.54, 1.807) is 24.3 Å². The fourth-order valence-corrected chi connectivity index (χ4v) is 3.39. The van der Waals surface area contributed by atoms with E-state index >= 15 is 0 Å².